The van der Waals surface area contributed by atoms with Crippen LogP contribution in [-0.4, -0.2) is 18.0 Å². The Morgan fingerprint density at radius 2 is 2.24 bits per heavy atom. The summed E-state index contributed by atoms with van der Waals surface area (Å²) >= 11 is 1.73. The van der Waals surface area contributed by atoms with Crippen LogP contribution in [0.1, 0.15) is 43.9 Å². The maximum Gasteiger partial charge on any atom is 0.164 e. The van der Waals surface area contributed by atoms with Crippen molar-refractivity contribution in [3.63, 3.8) is 0 Å². The van der Waals surface area contributed by atoms with Crippen LogP contribution in [0.25, 0.3) is 0 Å². The number of thiophene rings is 1. The van der Waals surface area contributed by atoms with E-state index in [-0.39, 0.29) is 0 Å². The molecule has 1 aromatic rings. The SMILES string of the molecule is CCOC1(C(=O)CCc2cccs2)CCCC1. The average molecular weight is 252 g/mol. The Kier molecular flexibility index (Phi) is 4.35. The van der Waals surface area contributed by atoms with E-state index in [1.165, 1.54) is 4.88 Å². The normalized spacial score (nSPS) is 18.4. The molecule has 1 saturated carbocycles. The molecule has 17 heavy (non-hydrogen) atoms. The molecule has 0 saturated heterocycles. The minimum absolute atomic E-state index is 0.310. The molecule has 1 aliphatic carbocycles. The van der Waals surface area contributed by atoms with Crippen LogP contribution in [-0.2, 0) is 16.0 Å². The van der Waals surface area contributed by atoms with Crippen molar-refractivity contribution in [1.82, 2.24) is 0 Å². The van der Waals surface area contributed by atoms with Crippen molar-refractivity contribution in [2.24, 2.45) is 0 Å². The summed E-state index contributed by atoms with van der Waals surface area (Å²) in [4.78, 5) is 13.6. The fourth-order valence-electron chi connectivity index (χ4n) is 2.65. The molecule has 94 valence electrons. The molecule has 0 unspecified atom stereocenters. The van der Waals surface area contributed by atoms with Gasteiger partial charge in [0, 0.05) is 17.9 Å². The molecular formula is C14H20O2S. The van der Waals surface area contributed by atoms with Crippen molar-refractivity contribution >= 4 is 17.1 Å². The van der Waals surface area contributed by atoms with Crippen LogP contribution in [0.3, 0.4) is 0 Å². The summed E-state index contributed by atoms with van der Waals surface area (Å²) < 4.78 is 5.78. The summed E-state index contributed by atoms with van der Waals surface area (Å²) in [6.45, 7) is 2.62. The lowest BCUT2D eigenvalue weighted by atomic mass is 9.92. The van der Waals surface area contributed by atoms with Gasteiger partial charge in [0.05, 0.1) is 0 Å². The van der Waals surface area contributed by atoms with Gasteiger partial charge in [-0.1, -0.05) is 6.07 Å². The highest BCUT2D eigenvalue weighted by Gasteiger charge is 2.40. The summed E-state index contributed by atoms with van der Waals surface area (Å²) in [5.74, 6) is 0.310. The fourth-order valence-corrected chi connectivity index (χ4v) is 3.35. The summed E-state index contributed by atoms with van der Waals surface area (Å²) in [6.07, 6.45) is 5.59. The van der Waals surface area contributed by atoms with Crippen LogP contribution in [0.2, 0.25) is 0 Å². The van der Waals surface area contributed by atoms with E-state index in [0.29, 0.717) is 18.8 Å². The maximum absolute atomic E-state index is 12.3. The van der Waals surface area contributed by atoms with E-state index in [1.807, 2.05) is 13.0 Å². The highest BCUT2D eigenvalue weighted by molar-refractivity contribution is 7.09. The first-order valence-corrected chi connectivity index (χ1v) is 7.34. The van der Waals surface area contributed by atoms with E-state index >= 15 is 0 Å². The quantitative estimate of drug-likeness (QED) is 0.773. The number of hydrogen-bond acceptors (Lipinski definition) is 3. The van der Waals surface area contributed by atoms with Crippen LogP contribution in [0.15, 0.2) is 17.5 Å². The summed E-state index contributed by atoms with van der Waals surface area (Å²) in [6, 6.07) is 4.14. The molecule has 0 amide bonds. The molecule has 0 aromatic carbocycles. The molecule has 1 fully saturated rings. The summed E-state index contributed by atoms with van der Waals surface area (Å²) in [7, 11) is 0. The number of ketones is 1. The molecule has 0 atom stereocenters. The second kappa shape index (κ2) is 5.78. The van der Waals surface area contributed by atoms with Crippen molar-refractivity contribution in [2.75, 3.05) is 6.61 Å². The topological polar surface area (TPSA) is 26.3 Å². The predicted molar refractivity (Wildman–Crippen MR) is 70.5 cm³/mol. The third kappa shape index (κ3) is 2.96. The Balaban J connectivity index is 1.92. The molecule has 2 rings (SSSR count). The van der Waals surface area contributed by atoms with Crippen molar-refractivity contribution in [1.29, 1.82) is 0 Å². The highest BCUT2D eigenvalue weighted by Crippen LogP contribution is 2.35. The van der Waals surface area contributed by atoms with Crippen molar-refractivity contribution in [3.05, 3.63) is 22.4 Å². The van der Waals surface area contributed by atoms with Gasteiger partial charge in [-0.3, -0.25) is 4.79 Å². The minimum atomic E-state index is -0.438. The second-order valence-corrected chi connectivity index (χ2v) is 5.67. The van der Waals surface area contributed by atoms with E-state index in [0.717, 1.165) is 32.1 Å². The molecule has 1 aromatic heterocycles. The van der Waals surface area contributed by atoms with Gasteiger partial charge in [0.25, 0.3) is 0 Å². The van der Waals surface area contributed by atoms with Crippen LogP contribution >= 0.6 is 11.3 Å². The van der Waals surface area contributed by atoms with Gasteiger partial charge in [-0.05, 0) is 50.5 Å². The van der Waals surface area contributed by atoms with Gasteiger partial charge in [0.15, 0.2) is 5.78 Å². The smallest absolute Gasteiger partial charge is 0.164 e. The van der Waals surface area contributed by atoms with Gasteiger partial charge in [-0.2, -0.15) is 0 Å². The molecule has 3 heteroatoms. The zero-order valence-electron chi connectivity index (χ0n) is 10.4. The van der Waals surface area contributed by atoms with E-state index < -0.39 is 5.60 Å². The summed E-state index contributed by atoms with van der Waals surface area (Å²) in [5.41, 5.74) is -0.438. The van der Waals surface area contributed by atoms with Crippen molar-refractivity contribution in [3.8, 4) is 0 Å². The fraction of sp³-hybridized carbons (Fsp3) is 0.643. The Morgan fingerprint density at radius 1 is 1.47 bits per heavy atom. The predicted octanol–water partition coefficient (Wildman–Crippen LogP) is 3.60. The van der Waals surface area contributed by atoms with Crippen LogP contribution in [0.4, 0.5) is 0 Å². The average Bonchev–Trinajstić information content (AvgIpc) is 2.97. The van der Waals surface area contributed by atoms with Crippen molar-refractivity contribution < 1.29 is 9.53 Å². The number of ether oxygens (including phenoxy) is 1. The number of carbonyl (C=O) groups excluding carboxylic acids is 1. The monoisotopic (exact) mass is 252 g/mol. The lowest BCUT2D eigenvalue weighted by molar-refractivity contribution is -0.143. The molecule has 1 heterocycles. The third-order valence-electron chi connectivity index (χ3n) is 3.52. The number of carbonyl (C=O) groups is 1. The van der Waals surface area contributed by atoms with E-state index in [9.17, 15) is 4.79 Å². The largest absolute Gasteiger partial charge is 0.368 e. The number of rotatable bonds is 6. The summed E-state index contributed by atoms with van der Waals surface area (Å²) in [5, 5.41) is 2.06. The molecule has 0 radical (unpaired) electrons. The number of aryl methyl sites for hydroxylation is 1. The molecule has 2 nitrogen and oxygen atoms in total. The van der Waals surface area contributed by atoms with Crippen LogP contribution < -0.4 is 0 Å². The van der Waals surface area contributed by atoms with E-state index in [2.05, 4.69) is 11.4 Å². The van der Waals surface area contributed by atoms with Crippen LogP contribution in [0.5, 0.6) is 0 Å². The number of Topliss-reactive ketones (excluding diaryl/α,β-unsaturated/α-hetero) is 1. The third-order valence-corrected chi connectivity index (χ3v) is 4.45. The first-order valence-electron chi connectivity index (χ1n) is 6.46. The Bertz CT molecular complexity index is 350. The maximum atomic E-state index is 12.3. The lowest BCUT2D eigenvalue weighted by Crippen LogP contribution is -2.39. The molecule has 0 N–H and O–H groups in total. The van der Waals surface area contributed by atoms with Gasteiger partial charge in [-0.25, -0.2) is 0 Å². The Morgan fingerprint density at radius 3 is 2.82 bits per heavy atom. The second-order valence-electron chi connectivity index (χ2n) is 4.64. The van der Waals surface area contributed by atoms with Crippen LogP contribution in [0, 0.1) is 0 Å². The standard InChI is InChI=1S/C14H20O2S/c1-2-16-14(9-3-4-10-14)13(15)8-7-12-6-5-11-17-12/h5-6,11H,2-4,7-10H2,1H3. The van der Waals surface area contributed by atoms with Gasteiger partial charge in [0.2, 0.25) is 0 Å². The highest BCUT2D eigenvalue weighted by atomic mass is 32.1. The zero-order chi connectivity index (χ0) is 12.1. The van der Waals surface area contributed by atoms with E-state index in [1.54, 1.807) is 11.3 Å². The van der Waals surface area contributed by atoms with E-state index in [4.69, 9.17) is 4.74 Å². The molecule has 1 aliphatic rings. The zero-order valence-corrected chi connectivity index (χ0v) is 11.2. The van der Waals surface area contributed by atoms with Gasteiger partial charge in [0.1, 0.15) is 5.60 Å². The first-order chi connectivity index (χ1) is 8.27. The molecular weight excluding hydrogens is 232 g/mol. The Labute approximate surface area is 107 Å². The molecule has 0 bridgehead atoms. The van der Waals surface area contributed by atoms with Crippen molar-refractivity contribution in [2.45, 2.75) is 51.0 Å². The van der Waals surface area contributed by atoms with Gasteiger partial charge >= 0.3 is 0 Å². The first kappa shape index (κ1) is 12.8. The molecule has 0 aliphatic heterocycles. The lowest BCUT2D eigenvalue weighted by Gasteiger charge is -2.27. The minimum Gasteiger partial charge on any atom is -0.368 e. The van der Waals surface area contributed by atoms with Gasteiger partial charge in [-0.15, -0.1) is 11.3 Å². The molecule has 0 spiro atoms. The van der Waals surface area contributed by atoms with Gasteiger partial charge < -0.3 is 4.74 Å². The number of hydrogen-bond donors (Lipinski definition) is 0. The Hall–Kier alpha value is -0.670.